The Morgan fingerprint density at radius 3 is 2.26 bits per heavy atom. The highest BCUT2D eigenvalue weighted by Crippen LogP contribution is 2.52. The Labute approximate surface area is 185 Å². The fourth-order valence-corrected chi connectivity index (χ4v) is 5.99. The average molecular weight is 433 g/mol. The number of amides is 3. The van der Waals surface area contributed by atoms with Gasteiger partial charge in [0.25, 0.3) is 0 Å². The Kier molecular flexibility index (Phi) is 4.97. The summed E-state index contributed by atoms with van der Waals surface area (Å²) in [5.74, 6) is -0.960. The Morgan fingerprint density at radius 1 is 1.00 bits per heavy atom. The molecule has 0 spiro atoms. The molecule has 5 rings (SSSR count). The number of benzene rings is 2. The molecule has 2 fully saturated rings. The highest BCUT2D eigenvalue weighted by Gasteiger charge is 2.59. The summed E-state index contributed by atoms with van der Waals surface area (Å²) in [5.41, 5.74) is 3.12. The van der Waals surface area contributed by atoms with Crippen LogP contribution in [0.4, 0.5) is 5.69 Å². The maximum Gasteiger partial charge on any atom is 0.244 e. The second-order valence-corrected chi connectivity index (χ2v) is 9.82. The molecular formula is C25H24N2O3S. The molecule has 3 aliphatic rings. The highest BCUT2D eigenvalue weighted by molar-refractivity contribution is 7.99. The number of aryl methyl sites for hydroxylation is 2. The van der Waals surface area contributed by atoms with Crippen molar-refractivity contribution in [1.29, 1.82) is 0 Å². The summed E-state index contributed by atoms with van der Waals surface area (Å²) in [5, 5.41) is 2.81. The fourth-order valence-electron chi connectivity index (χ4n) is 5.11. The summed E-state index contributed by atoms with van der Waals surface area (Å²) >= 11 is 1.68. The van der Waals surface area contributed by atoms with E-state index >= 15 is 0 Å². The van der Waals surface area contributed by atoms with Gasteiger partial charge in [-0.2, -0.15) is 0 Å². The minimum absolute atomic E-state index is 0.154. The van der Waals surface area contributed by atoms with Crippen LogP contribution in [0.15, 0.2) is 64.4 Å². The summed E-state index contributed by atoms with van der Waals surface area (Å²) in [6.07, 6.45) is 5.00. The van der Waals surface area contributed by atoms with Crippen LogP contribution in [0.5, 0.6) is 0 Å². The zero-order chi connectivity index (χ0) is 21.7. The van der Waals surface area contributed by atoms with Crippen molar-refractivity contribution in [3.05, 3.63) is 65.7 Å². The van der Waals surface area contributed by atoms with Gasteiger partial charge in [0.2, 0.25) is 17.7 Å². The maximum atomic E-state index is 12.7. The van der Waals surface area contributed by atoms with Gasteiger partial charge in [-0.1, -0.05) is 41.6 Å². The topological polar surface area (TPSA) is 66.5 Å². The van der Waals surface area contributed by atoms with E-state index < -0.39 is 0 Å². The summed E-state index contributed by atoms with van der Waals surface area (Å²) < 4.78 is 0. The van der Waals surface area contributed by atoms with Crippen LogP contribution < -0.4 is 5.32 Å². The smallest absolute Gasteiger partial charge is 0.244 e. The van der Waals surface area contributed by atoms with Gasteiger partial charge in [-0.15, -0.1) is 0 Å². The minimum Gasteiger partial charge on any atom is -0.325 e. The van der Waals surface area contributed by atoms with Gasteiger partial charge in [-0.3, -0.25) is 19.3 Å². The van der Waals surface area contributed by atoms with E-state index in [-0.39, 0.29) is 47.9 Å². The zero-order valence-electron chi connectivity index (χ0n) is 17.5. The van der Waals surface area contributed by atoms with Gasteiger partial charge in [0.15, 0.2) is 0 Å². The van der Waals surface area contributed by atoms with E-state index in [1.165, 1.54) is 16.0 Å². The number of fused-ring (bicyclic) bond motifs is 5. The number of likely N-dealkylation sites (tertiary alicyclic amines) is 1. The summed E-state index contributed by atoms with van der Waals surface area (Å²) in [6, 6.07) is 14.0. The predicted octanol–water partition coefficient (Wildman–Crippen LogP) is 4.20. The van der Waals surface area contributed by atoms with Crippen LogP contribution in [-0.4, -0.2) is 29.2 Å². The number of hydrogen-bond acceptors (Lipinski definition) is 4. The molecule has 4 unspecified atom stereocenters. The van der Waals surface area contributed by atoms with Crippen molar-refractivity contribution in [2.45, 2.75) is 30.1 Å². The van der Waals surface area contributed by atoms with Crippen LogP contribution in [0.1, 0.15) is 17.5 Å². The lowest BCUT2D eigenvalue weighted by atomic mass is 9.85. The highest BCUT2D eigenvalue weighted by atomic mass is 32.2. The number of hydrogen-bond donors (Lipinski definition) is 1. The molecule has 31 heavy (non-hydrogen) atoms. The molecule has 1 saturated heterocycles. The van der Waals surface area contributed by atoms with Crippen LogP contribution >= 0.6 is 11.8 Å². The second kappa shape index (κ2) is 7.68. The molecule has 1 aliphatic heterocycles. The molecule has 158 valence electrons. The van der Waals surface area contributed by atoms with E-state index in [0.717, 1.165) is 16.2 Å². The van der Waals surface area contributed by atoms with Crippen molar-refractivity contribution in [2.75, 3.05) is 11.9 Å². The molecule has 4 atom stereocenters. The first-order chi connectivity index (χ1) is 14.9. The van der Waals surface area contributed by atoms with Crippen molar-refractivity contribution in [3.63, 3.8) is 0 Å². The first-order valence-electron chi connectivity index (χ1n) is 10.6. The van der Waals surface area contributed by atoms with Gasteiger partial charge in [0, 0.05) is 15.5 Å². The number of nitrogens with zero attached hydrogens (tertiary/aromatic N) is 1. The third-order valence-electron chi connectivity index (χ3n) is 6.56. The fraction of sp³-hybridized carbons (Fsp3) is 0.320. The molecule has 5 nitrogen and oxygen atoms in total. The van der Waals surface area contributed by atoms with Crippen LogP contribution in [0.3, 0.4) is 0 Å². The lowest BCUT2D eigenvalue weighted by Gasteiger charge is -2.17. The van der Waals surface area contributed by atoms with Gasteiger partial charge in [-0.05, 0) is 68.0 Å². The normalized spacial score (nSPS) is 25.9. The van der Waals surface area contributed by atoms with Crippen molar-refractivity contribution in [3.8, 4) is 0 Å². The number of nitrogens with one attached hydrogen (secondary N) is 1. The predicted molar refractivity (Wildman–Crippen MR) is 120 cm³/mol. The first kappa shape index (κ1) is 20.1. The quantitative estimate of drug-likeness (QED) is 0.568. The van der Waals surface area contributed by atoms with Gasteiger partial charge in [-0.25, -0.2) is 0 Å². The van der Waals surface area contributed by atoms with Gasteiger partial charge in [0.1, 0.15) is 6.54 Å². The van der Waals surface area contributed by atoms with Crippen molar-refractivity contribution in [1.82, 2.24) is 4.90 Å². The molecule has 0 radical (unpaired) electrons. The number of carbonyl (C=O) groups excluding carboxylic acids is 3. The molecule has 1 N–H and O–H groups in total. The van der Waals surface area contributed by atoms with E-state index in [0.29, 0.717) is 5.69 Å². The van der Waals surface area contributed by atoms with E-state index in [1.807, 2.05) is 24.3 Å². The molecule has 1 saturated carbocycles. The third-order valence-corrected chi connectivity index (χ3v) is 7.75. The molecule has 2 aliphatic carbocycles. The summed E-state index contributed by atoms with van der Waals surface area (Å²) in [7, 11) is 0. The Morgan fingerprint density at radius 2 is 1.65 bits per heavy atom. The molecule has 2 aromatic rings. The Hall–Kier alpha value is -2.86. The SMILES string of the molecule is Cc1ccc(Sc2ccc(NC(=O)CN3C(=O)C4C5C=CC(C5)C4C3=O)cc2)c(C)c1. The maximum absolute atomic E-state index is 12.7. The largest absolute Gasteiger partial charge is 0.325 e. The van der Waals surface area contributed by atoms with Gasteiger partial charge >= 0.3 is 0 Å². The molecule has 0 aromatic heterocycles. The number of anilines is 1. The van der Waals surface area contributed by atoms with Crippen LogP contribution in [0, 0.1) is 37.5 Å². The standard InChI is InChI=1S/C25H24N2O3S/c1-14-3-10-20(15(2)11-14)31-19-8-6-18(7-9-19)26-21(28)13-27-24(29)22-16-4-5-17(12-16)23(22)25(27)30/h3-11,16-17,22-23H,12-13H2,1-2H3,(H,26,28). The van der Waals surface area contributed by atoms with Crippen molar-refractivity contribution >= 4 is 35.2 Å². The molecule has 2 bridgehead atoms. The van der Waals surface area contributed by atoms with Crippen molar-refractivity contribution in [2.24, 2.45) is 23.7 Å². The van der Waals surface area contributed by atoms with E-state index in [4.69, 9.17) is 0 Å². The van der Waals surface area contributed by atoms with Crippen LogP contribution in [-0.2, 0) is 14.4 Å². The lowest BCUT2D eigenvalue weighted by Crippen LogP contribution is -2.39. The number of carbonyl (C=O) groups is 3. The first-order valence-corrected chi connectivity index (χ1v) is 11.4. The Balaban J connectivity index is 1.20. The lowest BCUT2D eigenvalue weighted by molar-refractivity contribution is -0.143. The molecule has 2 aromatic carbocycles. The number of allylic oxidation sites excluding steroid dienone is 2. The molecule has 6 heteroatoms. The molecule has 3 amide bonds. The minimum atomic E-state index is -0.350. The van der Waals surface area contributed by atoms with Crippen LogP contribution in [0.25, 0.3) is 0 Å². The zero-order valence-corrected chi connectivity index (χ0v) is 18.3. The van der Waals surface area contributed by atoms with E-state index in [9.17, 15) is 14.4 Å². The number of imide groups is 1. The average Bonchev–Trinajstić information content (AvgIpc) is 3.42. The molecular weight excluding hydrogens is 408 g/mol. The second-order valence-electron chi connectivity index (χ2n) is 8.71. The molecule has 1 heterocycles. The van der Waals surface area contributed by atoms with Gasteiger partial charge in [0.05, 0.1) is 11.8 Å². The van der Waals surface area contributed by atoms with E-state index in [1.54, 1.807) is 11.8 Å². The van der Waals surface area contributed by atoms with Crippen molar-refractivity contribution < 1.29 is 14.4 Å². The Bertz CT molecular complexity index is 1080. The summed E-state index contributed by atoms with van der Waals surface area (Å²) in [6.45, 7) is 3.96. The van der Waals surface area contributed by atoms with Crippen LogP contribution in [0.2, 0.25) is 0 Å². The summed E-state index contributed by atoms with van der Waals surface area (Å²) in [4.78, 5) is 41.4. The van der Waals surface area contributed by atoms with Gasteiger partial charge < -0.3 is 5.32 Å². The van der Waals surface area contributed by atoms with E-state index in [2.05, 4.69) is 49.5 Å². The third kappa shape index (κ3) is 3.59. The monoisotopic (exact) mass is 432 g/mol. The number of rotatable bonds is 5.